The predicted octanol–water partition coefficient (Wildman–Crippen LogP) is 1.52. The van der Waals surface area contributed by atoms with Crippen LogP contribution in [0.2, 0.25) is 0 Å². The van der Waals surface area contributed by atoms with Crippen LogP contribution < -0.4 is 15.2 Å². The van der Waals surface area contributed by atoms with Crippen LogP contribution in [0.4, 0.5) is 11.4 Å². The normalized spacial score (nSPS) is 14.9. The number of rotatable bonds is 6. The number of hydrazine groups is 1. The molecule has 2 aromatic rings. The first kappa shape index (κ1) is 18.6. The number of carboxylic acids is 1. The van der Waals surface area contributed by atoms with Gasteiger partial charge < -0.3 is 9.84 Å². The Morgan fingerprint density at radius 2 is 1.89 bits per heavy atom. The number of carbonyl (C=O) groups is 3. The van der Waals surface area contributed by atoms with Gasteiger partial charge in [-0.15, -0.1) is 0 Å². The maximum Gasteiger partial charge on any atom is 0.341 e. The fraction of sp³-hybridized carbons (Fsp3) is 0.0556. The van der Waals surface area contributed by atoms with E-state index in [0.29, 0.717) is 5.69 Å². The molecule has 2 aromatic carbocycles. The molecule has 0 spiro atoms. The van der Waals surface area contributed by atoms with Crippen molar-refractivity contribution in [3.05, 3.63) is 69.8 Å². The summed E-state index contributed by atoms with van der Waals surface area (Å²) in [5.74, 6) is -3.04. The first-order valence-electron chi connectivity index (χ1n) is 7.92. The van der Waals surface area contributed by atoms with Crippen LogP contribution in [0.25, 0.3) is 6.08 Å². The van der Waals surface area contributed by atoms with Gasteiger partial charge >= 0.3 is 11.7 Å². The Morgan fingerprint density at radius 1 is 1.18 bits per heavy atom. The van der Waals surface area contributed by atoms with Gasteiger partial charge in [-0.25, -0.2) is 9.80 Å². The van der Waals surface area contributed by atoms with E-state index in [1.54, 1.807) is 30.3 Å². The zero-order valence-corrected chi connectivity index (χ0v) is 14.2. The van der Waals surface area contributed by atoms with Crippen molar-refractivity contribution in [1.29, 1.82) is 0 Å². The van der Waals surface area contributed by atoms with Gasteiger partial charge in [-0.1, -0.05) is 30.3 Å². The van der Waals surface area contributed by atoms with E-state index in [4.69, 9.17) is 9.84 Å². The number of nitrogens with zero attached hydrogens (tertiary/aromatic N) is 2. The number of carboxylic acid groups (broad SMARTS) is 1. The summed E-state index contributed by atoms with van der Waals surface area (Å²) >= 11 is 0. The number of benzene rings is 2. The second-order valence-electron chi connectivity index (χ2n) is 5.61. The van der Waals surface area contributed by atoms with Gasteiger partial charge in [-0.05, 0) is 18.2 Å². The van der Waals surface area contributed by atoms with E-state index in [-0.39, 0.29) is 16.9 Å². The summed E-state index contributed by atoms with van der Waals surface area (Å²) in [5, 5.41) is 21.1. The monoisotopic (exact) mass is 383 g/mol. The summed E-state index contributed by atoms with van der Waals surface area (Å²) in [6.07, 6.45) is 1.13. The summed E-state index contributed by atoms with van der Waals surface area (Å²) in [5.41, 5.74) is 2.11. The molecule has 2 amide bonds. The van der Waals surface area contributed by atoms with E-state index in [9.17, 15) is 24.5 Å². The molecule has 2 N–H and O–H groups in total. The molecule has 1 fully saturated rings. The van der Waals surface area contributed by atoms with E-state index in [2.05, 4.69) is 5.43 Å². The van der Waals surface area contributed by atoms with Gasteiger partial charge in [-0.3, -0.25) is 25.1 Å². The minimum atomic E-state index is -1.33. The summed E-state index contributed by atoms with van der Waals surface area (Å²) < 4.78 is 5.04. The molecule has 0 aromatic heterocycles. The van der Waals surface area contributed by atoms with E-state index in [1.165, 1.54) is 12.1 Å². The van der Waals surface area contributed by atoms with Crippen LogP contribution in [-0.2, 0) is 14.4 Å². The van der Waals surface area contributed by atoms with Gasteiger partial charge in [0, 0.05) is 11.6 Å². The van der Waals surface area contributed by atoms with Gasteiger partial charge in [0.1, 0.15) is 5.57 Å². The van der Waals surface area contributed by atoms with Crippen molar-refractivity contribution in [2.75, 3.05) is 11.6 Å². The molecule has 0 atom stereocenters. The Balaban J connectivity index is 2.01. The van der Waals surface area contributed by atoms with Crippen LogP contribution in [-0.4, -0.2) is 34.4 Å². The van der Waals surface area contributed by atoms with Crippen molar-refractivity contribution in [3.63, 3.8) is 0 Å². The zero-order chi connectivity index (χ0) is 20.3. The molecule has 1 heterocycles. The van der Waals surface area contributed by atoms with Crippen molar-refractivity contribution >= 4 is 35.2 Å². The van der Waals surface area contributed by atoms with Crippen LogP contribution in [0.15, 0.2) is 54.1 Å². The molecule has 1 aliphatic rings. The lowest BCUT2D eigenvalue weighted by Gasteiger charge is -2.13. The van der Waals surface area contributed by atoms with E-state index < -0.39 is 35.0 Å². The lowest BCUT2D eigenvalue weighted by Crippen LogP contribution is -2.35. The molecule has 142 valence electrons. The number of nitro benzene ring substituents is 1. The number of anilines is 1. The van der Waals surface area contributed by atoms with Gasteiger partial charge in [0.25, 0.3) is 11.8 Å². The fourth-order valence-electron chi connectivity index (χ4n) is 2.56. The molecule has 0 bridgehead atoms. The second-order valence-corrected chi connectivity index (χ2v) is 5.61. The molecule has 3 rings (SSSR count). The van der Waals surface area contributed by atoms with Crippen LogP contribution in [0.5, 0.6) is 5.75 Å². The van der Waals surface area contributed by atoms with Crippen LogP contribution in [0.1, 0.15) is 5.56 Å². The maximum atomic E-state index is 12.6. The predicted molar refractivity (Wildman–Crippen MR) is 96.3 cm³/mol. The van der Waals surface area contributed by atoms with E-state index >= 15 is 0 Å². The average molecular weight is 383 g/mol. The molecule has 1 aliphatic heterocycles. The lowest BCUT2D eigenvalue weighted by atomic mass is 10.1. The Kier molecular flexibility index (Phi) is 5.03. The summed E-state index contributed by atoms with van der Waals surface area (Å²) in [6.45, 7) is -0.822. The first-order chi connectivity index (χ1) is 13.4. The summed E-state index contributed by atoms with van der Waals surface area (Å²) in [4.78, 5) is 46.1. The molecule has 28 heavy (non-hydrogen) atoms. The van der Waals surface area contributed by atoms with Crippen molar-refractivity contribution in [2.24, 2.45) is 0 Å². The average Bonchev–Trinajstić information content (AvgIpc) is 2.95. The minimum Gasteiger partial charge on any atom is -0.479 e. The first-order valence-corrected chi connectivity index (χ1v) is 7.92. The third-order valence-corrected chi connectivity index (χ3v) is 3.77. The molecule has 0 saturated carbocycles. The van der Waals surface area contributed by atoms with Gasteiger partial charge in [0.2, 0.25) is 5.75 Å². The number of amides is 2. The Labute approximate surface area is 157 Å². The Hall–Kier alpha value is -4.21. The van der Waals surface area contributed by atoms with E-state index in [1.807, 2.05) is 0 Å². The van der Waals surface area contributed by atoms with Crippen molar-refractivity contribution in [2.45, 2.75) is 0 Å². The number of hydrogen-bond acceptors (Lipinski definition) is 6. The molecule has 1 saturated heterocycles. The highest BCUT2D eigenvalue weighted by Crippen LogP contribution is 2.33. The maximum absolute atomic E-state index is 12.6. The third kappa shape index (κ3) is 3.65. The fourth-order valence-corrected chi connectivity index (χ4v) is 2.56. The number of para-hydroxylation sites is 2. The van der Waals surface area contributed by atoms with Crippen LogP contribution >= 0.6 is 0 Å². The summed E-state index contributed by atoms with van der Waals surface area (Å²) in [6, 6.07) is 12.2. The smallest absolute Gasteiger partial charge is 0.341 e. The molecular formula is C18H13N3O7. The molecule has 0 unspecified atom stereocenters. The highest BCUT2D eigenvalue weighted by Gasteiger charge is 2.35. The van der Waals surface area contributed by atoms with Crippen molar-refractivity contribution in [3.8, 4) is 5.75 Å². The zero-order valence-electron chi connectivity index (χ0n) is 14.2. The van der Waals surface area contributed by atoms with E-state index in [0.717, 1.165) is 17.2 Å². The van der Waals surface area contributed by atoms with Crippen molar-refractivity contribution < 1.29 is 29.2 Å². The van der Waals surface area contributed by atoms with Gasteiger partial charge in [0.05, 0.1) is 10.6 Å². The molecule has 0 aliphatic carbocycles. The number of carbonyl (C=O) groups excluding carboxylic acids is 2. The Bertz CT molecular complexity index is 1000. The highest BCUT2D eigenvalue weighted by atomic mass is 16.6. The summed E-state index contributed by atoms with van der Waals surface area (Å²) in [7, 11) is 0. The largest absolute Gasteiger partial charge is 0.479 e. The number of nitrogens with one attached hydrogen (secondary N) is 1. The van der Waals surface area contributed by atoms with Gasteiger partial charge in [0.15, 0.2) is 6.61 Å². The van der Waals surface area contributed by atoms with Crippen molar-refractivity contribution in [1.82, 2.24) is 5.43 Å². The topological polar surface area (TPSA) is 139 Å². The third-order valence-electron chi connectivity index (χ3n) is 3.77. The van der Waals surface area contributed by atoms with Crippen LogP contribution in [0.3, 0.4) is 0 Å². The number of ether oxygens (including phenoxy) is 1. The number of hydrogen-bond donors (Lipinski definition) is 2. The molecule has 10 nitrogen and oxygen atoms in total. The highest BCUT2D eigenvalue weighted by molar-refractivity contribution is 6.31. The SMILES string of the molecule is O=C(O)COc1c(/C=C2/C(=O)NN(c3ccccc3)C2=O)cccc1[N+](=O)[O-]. The minimum absolute atomic E-state index is 0.0314. The second kappa shape index (κ2) is 7.58. The van der Waals surface area contributed by atoms with Crippen LogP contribution in [0, 0.1) is 10.1 Å². The molecular weight excluding hydrogens is 370 g/mol. The number of nitro groups is 1. The lowest BCUT2D eigenvalue weighted by molar-refractivity contribution is -0.385. The van der Waals surface area contributed by atoms with Gasteiger partial charge in [-0.2, -0.15) is 0 Å². The number of aliphatic carboxylic acids is 1. The standard InChI is InChI=1S/C18H13N3O7/c22-15(23)10-28-16-11(5-4-8-14(16)21(26)27)9-13-17(24)19-20(18(13)25)12-6-2-1-3-7-12/h1-9H,10H2,(H,19,24)(H,22,23)/b13-9-. The quantitative estimate of drug-likeness (QED) is 0.334. The molecule has 10 heteroatoms. The molecule has 0 radical (unpaired) electrons. The Morgan fingerprint density at radius 3 is 2.54 bits per heavy atom.